The number of para-hydroxylation sites is 1. The maximum absolute atomic E-state index is 11.7. The van der Waals surface area contributed by atoms with Crippen LogP contribution in [-0.2, 0) is 9.53 Å². The Hall–Kier alpha value is -2.67. The summed E-state index contributed by atoms with van der Waals surface area (Å²) >= 11 is 0. The molecule has 0 aliphatic heterocycles. The van der Waals surface area contributed by atoms with Crippen molar-refractivity contribution in [2.75, 3.05) is 0 Å². The summed E-state index contributed by atoms with van der Waals surface area (Å²) in [6.07, 6.45) is 3.02. The first-order valence-electron chi connectivity index (χ1n) is 6.60. The number of benzene rings is 1. The van der Waals surface area contributed by atoms with Gasteiger partial charge in [-0.1, -0.05) is 18.2 Å². The fourth-order valence-electron chi connectivity index (χ4n) is 1.89. The number of rotatable bonds is 2. The normalized spacial score (nSPS) is 11.5. The van der Waals surface area contributed by atoms with E-state index in [0.717, 1.165) is 16.5 Å². The van der Waals surface area contributed by atoms with Gasteiger partial charge in [0, 0.05) is 11.5 Å². The minimum atomic E-state index is -0.528. The molecular weight excluding hydrogens is 264 g/mol. The van der Waals surface area contributed by atoms with Crippen LogP contribution >= 0.6 is 0 Å². The highest BCUT2D eigenvalue weighted by atomic mass is 16.6. The highest BCUT2D eigenvalue weighted by molar-refractivity contribution is 5.93. The molecular formula is C17H16N2O2. The van der Waals surface area contributed by atoms with Gasteiger partial charge in [0.2, 0.25) is 0 Å². The van der Waals surface area contributed by atoms with Gasteiger partial charge in [-0.2, -0.15) is 5.26 Å². The molecule has 21 heavy (non-hydrogen) atoms. The zero-order valence-electron chi connectivity index (χ0n) is 12.3. The molecule has 0 saturated carbocycles. The standard InChI is InChI=1S/C17H16N2O2/c1-17(2,3)21-16(20)9-8-12-10-13(11-18)19-15-7-5-4-6-14(12)15/h4-10H,1-3H3. The number of aromatic nitrogens is 1. The molecule has 0 N–H and O–H groups in total. The largest absolute Gasteiger partial charge is 0.457 e. The molecule has 2 rings (SSSR count). The number of esters is 1. The maximum Gasteiger partial charge on any atom is 0.331 e. The Morgan fingerprint density at radius 3 is 2.71 bits per heavy atom. The first-order chi connectivity index (χ1) is 9.89. The summed E-state index contributed by atoms with van der Waals surface area (Å²) in [5.74, 6) is -0.415. The van der Waals surface area contributed by atoms with Crippen molar-refractivity contribution in [3.63, 3.8) is 0 Å². The summed E-state index contributed by atoms with van der Waals surface area (Å²) in [6, 6.07) is 11.2. The quantitative estimate of drug-likeness (QED) is 0.624. The van der Waals surface area contributed by atoms with E-state index >= 15 is 0 Å². The molecule has 1 heterocycles. The molecule has 0 saturated heterocycles. The predicted molar refractivity (Wildman–Crippen MR) is 81.3 cm³/mol. The van der Waals surface area contributed by atoms with E-state index in [1.54, 1.807) is 12.1 Å². The van der Waals surface area contributed by atoms with Crippen LogP contribution in [0, 0.1) is 11.3 Å². The van der Waals surface area contributed by atoms with Gasteiger partial charge in [-0.15, -0.1) is 0 Å². The number of nitriles is 1. The average Bonchev–Trinajstić information content (AvgIpc) is 2.42. The van der Waals surface area contributed by atoms with E-state index in [4.69, 9.17) is 10.00 Å². The Kier molecular flexibility index (Phi) is 4.04. The summed E-state index contributed by atoms with van der Waals surface area (Å²) in [6.45, 7) is 5.44. The smallest absolute Gasteiger partial charge is 0.331 e. The molecule has 4 heteroatoms. The Balaban J connectivity index is 2.38. The van der Waals surface area contributed by atoms with Crippen LogP contribution in [0.2, 0.25) is 0 Å². The Bertz CT molecular complexity index is 749. The molecule has 0 fully saturated rings. The second-order valence-electron chi connectivity index (χ2n) is 5.59. The molecule has 1 aromatic heterocycles. The Labute approximate surface area is 123 Å². The molecule has 0 aliphatic rings. The van der Waals surface area contributed by atoms with Crippen LogP contribution in [0.4, 0.5) is 0 Å². The highest BCUT2D eigenvalue weighted by Crippen LogP contribution is 2.19. The lowest BCUT2D eigenvalue weighted by Crippen LogP contribution is -2.22. The lowest BCUT2D eigenvalue weighted by atomic mass is 10.1. The maximum atomic E-state index is 11.7. The first kappa shape index (κ1) is 14.7. The number of pyridine rings is 1. The van der Waals surface area contributed by atoms with Gasteiger partial charge >= 0.3 is 5.97 Å². The minimum Gasteiger partial charge on any atom is -0.457 e. The second kappa shape index (κ2) is 5.76. The third-order valence-electron chi connectivity index (χ3n) is 2.67. The Morgan fingerprint density at radius 1 is 1.33 bits per heavy atom. The van der Waals surface area contributed by atoms with Gasteiger partial charge in [0.15, 0.2) is 0 Å². The lowest BCUT2D eigenvalue weighted by Gasteiger charge is -2.17. The van der Waals surface area contributed by atoms with Crippen molar-refractivity contribution >= 4 is 22.9 Å². The van der Waals surface area contributed by atoms with Gasteiger partial charge in [0.1, 0.15) is 17.4 Å². The summed E-state index contributed by atoms with van der Waals surface area (Å²) in [4.78, 5) is 16.0. The molecule has 4 nitrogen and oxygen atoms in total. The van der Waals surface area contributed by atoms with Crippen LogP contribution in [0.25, 0.3) is 17.0 Å². The highest BCUT2D eigenvalue weighted by Gasteiger charge is 2.14. The fourth-order valence-corrected chi connectivity index (χ4v) is 1.89. The van der Waals surface area contributed by atoms with E-state index in [1.165, 1.54) is 6.08 Å². The summed E-state index contributed by atoms with van der Waals surface area (Å²) in [7, 11) is 0. The number of nitrogens with zero attached hydrogens (tertiary/aromatic N) is 2. The topological polar surface area (TPSA) is 63.0 Å². The van der Waals surface area contributed by atoms with Gasteiger partial charge in [0.05, 0.1) is 5.52 Å². The van der Waals surface area contributed by atoms with Crippen LogP contribution in [-0.4, -0.2) is 16.6 Å². The van der Waals surface area contributed by atoms with Crippen LogP contribution in [0.3, 0.4) is 0 Å². The molecule has 0 bridgehead atoms. The molecule has 1 aromatic carbocycles. The van der Waals surface area contributed by atoms with Crippen molar-refractivity contribution in [2.24, 2.45) is 0 Å². The first-order valence-corrected chi connectivity index (χ1v) is 6.60. The van der Waals surface area contributed by atoms with E-state index in [-0.39, 0.29) is 0 Å². The predicted octanol–water partition coefficient (Wildman–Crippen LogP) is 3.46. The van der Waals surface area contributed by atoms with Crippen molar-refractivity contribution in [1.82, 2.24) is 4.98 Å². The Morgan fingerprint density at radius 2 is 2.05 bits per heavy atom. The van der Waals surface area contributed by atoms with E-state index in [0.29, 0.717) is 5.69 Å². The third kappa shape index (κ3) is 3.90. The molecule has 106 valence electrons. The van der Waals surface area contributed by atoms with E-state index in [1.807, 2.05) is 51.1 Å². The van der Waals surface area contributed by atoms with Gasteiger partial charge in [0.25, 0.3) is 0 Å². The summed E-state index contributed by atoms with van der Waals surface area (Å²) in [5.41, 5.74) is 1.28. The average molecular weight is 280 g/mol. The number of carbonyl (C=O) groups is 1. The summed E-state index contributed by atoms with van der Waals surface area (Å²) < 4.78 is 5.22. The molecule has 0 atom stereocenters. The van der Waals surface area contributed by atoms with Crippen molar-refractivity contribution in [3.8, 4) is 6.07 Å². The number of ether oxygens (including phenoxy) is 1. The second-order valence-corrected chi connectivity index (χ2v) is 5.59. The van der Waals surface area contributed by atoms with Gasteiger partial charge in [-0.05, 0) is 44.5 Å². The molecule has 0 spiro atoms. The molecule has 0 radical (unpaired) electrons. The SMILES string of the molecule is CC(C)(C)OC(=O)C=Cc1cc(C#N)nc2ccccc12. The molecule has 0 aliphatic carbocycles. The van der Waals surface area contributed by atoms with Crippen LogP contribution in [0.1, 0.15) is 32.0 Å². The number of carbonyl (C=O) groups excluding carboxylic acids is 1. The van der Waals surface area contributed by atoms with Gasteiger partial charge in [-0.3, -0.25) is 0 Å². The minimum absolute atomic E-state index is 0.317. The van der Waals surface area contributed by atoms with E-state index in [2.05, 4.69) is 4.98 Å². The zero-order valence-corrected chi connectivity index (χ0v) is 12.3. The molecule has 0 unspecified atom stereocenters. The van der Waals surface area contributed by atoms with E-state index in [9.17, 15) is 4.79 Å². The number of hydrogen-bond acceptors (Lipinski definition) is 4. The number of fused-ring (bicyclic) bond motifs is 1. The fraction of sp³-hybridized carbons (Fsp3) is 0.235. The summed E-state index contributed by atoms with van der Waals surface area (Å²) in [5, 5.41) is 9.91. The molecule has 2 aromatic rings. The van der Waals surface area contributed by atoms with Gasteiger partial charge < -0.3 is 4.74 Å². The number of hydrogen-bond donors (Lipinski definition) is 0. The van der Waals surface area contributed by atoms with E-state index < -0.39 is 11.6 Å². The zero-order chi connectivity index (χ0) is 15.5. The molecule has 0 amide bonds. The van der Waals surface area contributed by atoms with Gasteiger partial charge in [-0.25, -0.2) is 9.78 Å². The lowest BCUT2D eigenvalue weighted by molar-refractivity contribution is -0.148. The van der Waals surface area contributed by atoms with Crippen molar-refractivity contribution < 1.29 is 9.53 Å². The van der Waals surface area contributed by atoms with Crippen molar-refractivity contribution in [3.05, 3.63) is 47.7 Å². The third-order valence-corrected chi connectivity index (χ3v) is 2.67. The van der Waals surface area contributed by atoms with Crippen LogP contribution < -0.4 is 0 Å². The van der Waals surface area contributed by atoms with Crippen molar-refractivity contribution in [2.45, 2.75) is 26.4 Å². The van der Waals surface area contributed by atoms with Crippen LogP contribution in [0.15, 0.2) is 36.4 Å². The monoisotopic (exact) mass is 280 g/mol. The van der Waals surface area contributed by atoms with Crippen molar-refractivity contribution in [1.29, 1.82) is 5.26 Å². The van der Waals surface area contributed by atoms with Crippen LogP contribution in [0.5, 0.6) is 0 Å².